The third kappa shape index (κ3) is 3.27. The standard InChI is InChI=1S/C20H22N2O2/c1-13-7-8-19-18(11-13)17(14(2)22-19)9-10-21-20(23)15-5-4-6-16(12-15)24-3/h4-8,11-12,22H,9-10H2,1-3H3,(H,21,23). The first-order valence-corrected chi connectivity index (χ1v) is 8.08. The molecule has 0 bridgehead atoms. The highest BCUT2D eigenvalue weighted by molar-refractivity contribution is 5.94. The topological polar surface area (TPSA) is 54.1 Å². The normalized spacial score (nSPS) is 10.8. The predicted octanol–water partition coefficient (Wildman–Crippen LogP) is 3.77. The average molecular weight is 322 g/mol. The number of fused-ring (bicyclic) bond motifs is 1. The van der Waals surface area contributed by atoms with Crippen molar-refractivity contribution < 1.29 is 9.53 Å². The van der Waals surface area contributed by atoms with Crippen LogP contribution in [0.4, 0.5) is 0 Å². The summed E-state index contributed by atoms with van der Waals surface area (Å²) in [5, 5.41) is 4.23. The summed E-state index contributed by atoms with van der Waals surface area (Å²) >= 11 is 0. The molecule has 1 aromatic heterocycles. The monoisotopic (exact) mass is 322 g/mol. The average Bonchev–Trinajstić information content (AvgIpc) is 2.90. The van der Waals surface area contributed by atoms with Gasteiger partial charge in [-0.15, -0.1) is 0 Å². The number of H-pyrrole nitrogens is 1. The zero-order valence-electron chi connectivity index (χ0n) is 14.3. The lowest BCUT2D eigenvalue weighted by molar-refractivity contribution is 0.0954. The van der Waals surface area contributed by atoms with Crippen LogP contribution in [-0.4, -0.2) is 24.5 Å². The zero-order valence-corrected chi connectivity index (χ0v) is 14.3. The highest BCUT2D eigenvalue weighted by Crippen LogP contribution is 2.23. The van der Waals surface area contributed by atoms with Crippen LogP contribution in [0.1, 0.15) is 27.2 Å². The molecule has 1 heterocycles. The second-order valence-corrected chi connectivity index (χ2v) is 6.02. The van der Waals surface area contributed by atoms with E-state index in [2.05, 4.69) is 42.3 Å². The van der Waals surface area contributed by atoms with Crippen molar-refractivity contribution in [3.05, 3.63) is 64.8 Å². The molecule has 4 nitrogen and oxygen atoms in total. The maximum atomic E-state index is 12.3. The van der Waals surface area contributed by atoms with E-state index in [0.717, 1.165) is 17.6 Å². The fourth-order valence-electron chi connectivity index (χ4n) is 2.99. The van der Waals surface area contributed by atoms with Gasteiger partial charge in [-0.3, -0.25) is 4.79 Å². The Kier molecular flexibility index (Phi) is 4.56. The highest BCUT2D eigenvalue weighted by atomic mass is 16.5. The number of carbonyl (C=O) groups excluding carboxylic acids is 1. The minimum atomic E-state index is -0.0809. The van der Waals surface area contributed by atoms with Gasteiger partial charge in [-0.2, -0.15) is 0 Å². The molecule has 0 fully saturated rings. The van der Waals surface area contributed by atoms with Crippen LogP contribution in [0.15, 0.2) is 42.5 Å². The first kappa shape index (κ1) is 16.1. The number of aromatic amines is 1. The maximum Gasteiger partial charge on any atom is 0.251 e. The summed E-state index contributed by atoms with van der Waals surface area (Å²) < 4.78 is 5.16. The molecule has 0 unspecified atom stereocenters. The Balaban J connectivity index is 1.69. The lowest BCUT2D eigenvalue weighted by atomic mass is 10.1. The van der Waals surface area contributed by atoms with Crippen LogP contribution in [0.2, 0.25) is 0 Å². The van der Waals surface area contributed by atoms with E-state index in [9.17, 15) is 4.79 Å². The van der Waals surface area contributed by atoms with E-state index in [0.29, 0.717) is 17.9 Å². The molecule has 0 radical (unpaired) electrons. The number of aromatic nitrogens is 1. The van der Waals surface area contributed by atoms with Crippen LogP contribution in [0.3, 0.4) is 0 Å². The molecule has 24 heavy (non-hydrogen) atoms. The first-order chi connectivity index (χ1) is 11.6. The molecule has 1 amide bonds. The maximum absolute atomic E-state index is 12.3. The van der Waals surface area contributed by atoms with Crippen molar-refractivity contribution in [1.29, 1.82) is 0 Å². The molecule has 2 aromatic carbocycles. The third-order valence-corrected chi connectivity index (χ3v) is 4.27. The van der Waals surface area contributed by atoms with Gasteiger partial charge in [-0.25, -0.2) is 0 Å². The van der Waals surface area contributed by atoms with Crippen molar-refractivity contribution in [2.75, 3.05) is 13.7 Å². The van der Waals surface area contributed by atoms with E-state index in [1.165, 1.54) is 16.5 Å². The van der Waals surface area contributed by atoms with Crippen LogP contribution >= 0.6 is 0 Å². The summed E-state index contributed by atoms with van der Waals surface area (Å²) in [4.78, 5) is 15.7. The summed E-state index contributed by atoms with van der Waals surface area (Å²) in [5.74, 6) is 0.605. The Labute approximate surface area is 141 Å². The number of benzene rings is 2. The van der Waals surface area contributed by atoms with Gasteiger partial charge in [0.2, 0.25) is 0 Å². The van der Waals surface area contributed by atoms with E-state index in [-0.39, 0.29) is 5.91 Å². The van der Waals surface area contributed by atoms with Crippen molar-refractivity contribution in [1.82, 2.24) is 10.3 Å². The number of hydrogen-bond acceptors (Lipinski definition) is 2. The van der Waals surface area contributed by atoms with Crippen LogP contribution in [-0.2, 0) is 6.42 Å². The van der Waals surface area contributed by atoms with E-state index in [1.807, 2.05) is 12.1 Å². The largest absolute Gasteiger partial charge is 0.497 e. The third-order valence-electron chi connectivity index (χ3n) is 4.27. The van der Waals surface area contributed by atoms with E-state index >= 15 is 0 Å². The molecule has 0 saturated heterocycles. The summed E-state index contributed by atoms with van der Waals surface area (Å²) in [6.07, 6.45) is 0.797. The van der Waals surface area contributed by atoms with Crippen LogP contribution in [0, 0.1) is 13.8 Å². The molecule has 2 N–H and O–H groups in total. The summed E-state index contributed by atoms with van der Waals surface area (Å²) in [6.45, 7) is 4.77. The van der Waals surface area contributed by atoms with Crippen LogP contribution in [0.5, 0.6) is 5.75 Å². The van der Waals surface area contributed by atoms with Gasteiger partial charge in [-0.1, -0.05) is 17.7 Å². The molecule has 0 aliphatic heterocycles. The molecule has 0 saturated carbocycles. The quantitative estimate of drug-likeness (QED) is 0.751. The molecule has 0 spiro atoms. The van der Waals surface area contributed by atoms with Gasteiger partial charge in [0.05, 0.1) is 7.11 Å². The van der Waals surface area contributed by atoms with Crippen LogP contribution < -0.4 is 10.1 Å². The van der Waals surface area contributed by atoms with Gasteiger partial charge in [0.15, 0.2) is 0 Å². The van der Waals surface area contributed by atoms with Crippen molar-refractivity contribution >= 4 is 16.8 Å². The second kappa shape index (κ2) is 6.79. The molecular formula is C20H22N2O2. The van der Waals surface area contributed by atoms with E-state index in [1.54, 1.807) is 19.2 Å². The molecule has 3 rings (SSSR count). The predicted molar refractivity (Wildman–Crippen MR) is 96.8 cm³/mol. The van der Waals surface area contributed by atoms with E-state index in [4.69, 9.17) is 4.74 Å². The minimum absolute atomic E-state index is 0.0809. The van der Waals surface area contributed by atoms with Crippen molar-refractivity contribution in [3.63, 3.8) is 0 Å². The van der Waals surface area contributed by atoms with Gasteiger partial charge >= 0.3 is 0 Å². The van der Waals surface area contributed by atoms with Crippen molar-refractivity contribution in [2.45, 2.75) is 20.3 Å². The molecule has 124 valence electrons. The number of amides is 1. The van der Waals surface area contributed by atoms with Gasteiger partial charge < -0.3 is 15.0 Å². The number of ether oxygens (including phenoxy) is 1. The number of rotatable bonds is 5. The Morgan fingerprint density at radius 2 is 2.00 bits per heavy atom. The number of nitrogens with one attached hydrogen (secondary N) is 2. The number of methoxy groups -OCH3 is 1. The number of hydrogen-bond donors (Lipinski definition) is 2. The number of carbonyl (C=O) groups is 1. The van der Waals surface area contributed by atoms with E-state index < -0.39 is 0 Å². The second-order valence-electron chi connectivity index (χ2n) is 6.02. The molecule has 3 aromatic rings. The van der Waals surface area contributed by atoms with Gasteiger partial charge in [-0.05, 0) is 56.2 Å². The summed E-state index contributed by atoms with van der Waals surface area (Å²) in [5.41, 5.74) is 5.42. The van der Waals surface area contributed by atoms with Crippen molar-refractivity contribution in [3.8, 4) is 5.75 Å². The first-order valence-electron chi connectivity index (χ1n) is 8.08. The van der Waals surface area contributed by atoms with Gasteiger partial charge in [0, 0.05) is 28.7 Å². The fourth-order valence-corrected chi connectivity index (χ4v) is 2.99. The SMILES string of the molecule is COc1cccc(C(=O)NCCc2c(C)[nH]c3ccc(C)cc23)c1. The number of aryl methyl sites for hydroxylation is 2. The van der Waals surface area contributed by atoms with Gasteiger partial charge in [0.1, 0.15) is 5.75 Å². The summed E-state index contributed by atoms with van der Waals surface area (Å²) in [7, 11) is 1.60. The highest BCUT2D eigenvalue weighted by Gasteiger charge is 2.10. The molecule has 0 aliphatic carbocycles. The Bertz CT molecular complexity index is 880. The molecule has 4 heteroatoms. The smallest absolute Gasteiger partial charge is 0.251 e. The van der Waals surface area contributed by atoms with Crippen LogP contribution in [0.25, 0.3) is 10.9 Å². The van der Waals surface area contributed by atoms with Gasteiger partial charge in [0.25, 0.3) is 5.91 Å². The fraction of sp³-hybridized carbons (Fsp3) is 0.250. The zero-order chi connectivity index (χ0) is 17.1. The molecular weight excluding hydrogens is 300 g/mol. The summed E-state index contributed by atoms with van der Waals surface area (Å²) in [6, 6.07) is 13.6. The minimum Gasteiger partial charge on any atom is -0.497 e. The lowest BCUT2D eigenvalue weighted by Crippen LogP contribution is -2.25. The Hall–Kier alpha value is -2.75. The molecule has 0 aliphatic rings. The van der Waals surface area contributed by atoms with Crippen molar-refractivity contribution in [2.24, 2.45) is 0 Å². The lowest BCUT2D eigenvalue weighted by Gasteiger charge is -2.07. The molecule has 0 atom stereocenters. The Morgan fingerprint density at radius 3 is 2.79 bits per heavy atom. The Morgan fingerprint density at radius 1 is 1.17 bits per heavy atom.